The molecule has 5 heteroatoms. The summed E-state index contributed by atoms with van der Waals surface area (Å²) < 4.78 is 5.98. The summed E-state index contributed by atoms with van der Waals surface area (Å²) in [4.78, 5) is 29.0. The molecule has 1 aromatic carbocycles. The first-order valence-electron chi connectivity index (χ1n) is 10.9. The monoisotopic (exact) mass is 386 g/mol. The smallest absolute Gasteiger partial charge is 0.253 e. The highest BCUT2D eigenvalue weighted by Crippen LogP contribution is 2.23. The summed E-state index contributed by atoms with van der Waals surface area (Å²) in [6.07, 6.45) is 6.17. The van der Waals surface area contributed by atoms with Gasteiger partial charge in [-0.2, -0.15) is 0 Å². The van der Waals surface area contributed by atoms with Gasteiger partial charge in [-0.25, -0.2) is 0 Å². The van der Waals surface area contributed by atoms with Crippen molar-refractivity contribution in [1.82, 2.24) is 9.80 Å². The maximum atomic E-state index is 12.6. The van der Waals surface area contributed by atoms with E-state index in [0.717, 1.165) is 76.0 Å². The molecule has 0 spiro atoms. The number of hydrogen-bond donors (Lipinski definition) is 0. The quantitative estimate of drug-likeness (QED) is 0.712. The Hall–Kier alpha value is -2.04. The van der Waals surface area contributed by atoms with Gasteiger partial charge in [0, 0.05) is 43.6 Å². The fourth-order valence-corrected chi connectivity index (χ4v) is 4.31. The van der Waals surface area contributed by atoms with Crippen LogP contribution in [0.5, 0.6) is 5.75 Å². The van der Waals surface area contributed by atoms with Gasteiger partial charge in [-0.05, 0) is 62.8 Å². The zero-order valence-corrected chi connectivity index (χ0v) is 17.4. The molecule has 5 nitrogen and oxygen atoms in total. The van der Waals surface area contributed by atoms with E-state index in [4.69, 9.17) is 4.74 Å². The predicted octanol–water partition coefficient (Wildman–Crippen LogP) is 3.98. The van der Waals surface area contributed by atoms with E-state index in [-0.39, 0.29) is 11.8 Å². The summed E-state index contributed by atoms with van der Waals surface area (Å²) in [6, 6.07) is 7.50. The minimum absolute atomic E-state index is 0.117. The SMILES string of the molecule is CCC(CC)C(=O)N1CCC[C@@H](COc2ccc(C(=O)N3CCCC3)cc2)C1. The van der Waals surface area contributed by atoms with Gasteiger partial charge in [0.1, 0.15) is 5.75 Å². The molecule has 0 saturated carbocycles. The van der Waals surface area contributed by atoms with E-state index in [1.807, 2.05) is 34.1 Å². The van der Waals surface area contributed by atoms with Crippen LogP contribution in [-0.4, -0.2) is 54.4 Å². The van der Waals surface area contributed by atoms with Gasteiger partial charge in [-0.1, -0.05) is 13.8 Å². The largest absolute Gasteiger partial charge is 0.493 e. The van der Waals surface area contributed by atoms with Crippen LogP contribution in [0, 0.1) is 11.8 Å². The lowest BCUT2D eigenvalue weighted by Crippen LogP contribution is -2.44. The van der Waals surface area contributed by atoms with Gasteiger partial charge in [0.25, 0.3) is 5.91 Å². The minimum Gasteiger partial charge on any atom is -0.493 e. The highest BCUT2D eigenvalue weighted by molar-refractivity contribution is 5.94. The molecule has 0 radical (unpaired) electrons. The van der Waals surface area contributed by atoms with Crippen molar-refractivity contribution >= 4 is 11.8 Å². The van der Waals surface area contributed by atoms with E-state index in [2.05, 4.69) is 13.8 Å². The molecule has 2 heterocycles. The number of nitrogens with zero attached hydrogens (tertiary/aromatic N) is 2. The molecule has 2 amide bonds. The van der Waals surface area contributed by atoms with E-state index < -0.39 is 0 Å². The van der Waals surface area contributed by atoms with Crippen molar-refractivity contribution in [3.8, 4) is 5.75 Å². The van der Waals surface area contributed by atoms with Crippen molar-refractivity contribution in [2.75, 3.05) is 32.8 Å². The van der Waals surface area contributed by atoms with Crippen LogP contribution < -0.4 is 4.74 Å². The zero-order valence-electron chi connectivity index (χ0n) is 17.4. The van der Waals surface area contributed by atoms with Gasteiger partial charge in [0.05, 0.1) is 6.61 Å². The second kappa shape index (κ2) is 9.94. The molecule has 0 bridgehead atoms. The molecule has 0 aliphatic carbocycles. The highest BCUT2D eigenvalue weighted by Gasteiger charge is 2.27. The van der Waals surface area contributed by atoms with Gasteiger partial charge in [0.15, 0.2) is 0 Å². The number of piperidine rings is 1. The Morgan fingerprint density at radius 2 is 1.64 bits per heavy atom. The fraction of sp³-hybridized carbons (Fsp3) is 0.652. The average molecular weight is 387 g/mol. The first-order valence-corrected chi connectivity index (χ1v) is 10.9. The third-order valence-electron chi connectivity index (χ3n) is 6.15. The van der Waals surface area contributed by atoms with Crippen LogP contribution in [0.3, 0.4) is 0 Å². The van der Waals surface area contributed by atoms with E-state index in [0.29, 0.717) is 18.4 Å². The topological polar surface area (TPSA) is 49.9 Å². The lowest BCUT2D eigenvalue weighted by molar-refractivity contribution is -0.137. The number of amides is 2. The number of carbonyl (C=O) groups excluding carboxylic acids is 2. The summed E-state index contributed by atoms with van der Waals surface area (Å²) >= 11 is 0. The van der Waals surface area contributed by atoms with Crippen LogP contribution in [0.15, 0.2) is 24.3 Å². The lowest BCUT2D eigenvalue weighted by Gasteiger charge is -2.34. The number of carbonyl (C=O) groups is 2. The van der Waals surface area contributed by atoms with Crippen LogP contribution in [0.25, 0.3) is 0 Å². The number of hydrogen-bond acceptors (Lipinski definition) is 3. The van der Waals surface area contributed by atoms with E-state index >= 15 is 0 Å². The van der Waals surface area contributed by atoms with E-state index in [1.165, 1.54) is 0 Å². The summed E-state index contributed by atoms with van der Waals surface area (Å²) in [5.41, 5.74) is 0.730. The molecule has 2 fully saturated rings. The third kappa shape index (κ3) is 5.06. The second-order valence-electron chi connectivity index (χ2n) is 8.14. The molecule has 28 heavy (non-hydrogen) atoms. The standard InChI is InChI=1S/C23H34N2O3/c1-3-19(4-2)22(26)25-15-7-8-18(16-25)17-28-21-11-9-20(10-12-21)23(27)24-13-5-6-14-24/h9-12,18-19H,3-8,13-17H2,1-2H3/t18-/m1/s1. The molecular weight excluding hydrogens is 352 g/mol. The third-order valence-corrected chi connectivity index (χ3v) is 6.15. The van der Waals surface area contributed by atoms with Crippen molar-refractivity contribution in [2.45, 2.75) is 52.4 Å². The van der Waals surface area contributed by atoms with Crippen molar-refractivity contribution in [2.24, 2.45) is 11.8 Å². The molecular formula is C23H34N2O3. The van der Waals surface area contributed by atoms with E-state index in [1.54, 1.807) is 0 Å². The molecule has 154 valence electrons. The number of likely N-dealkylation sites (tertiary alicyclic amines) is 2. The minimum atomic E-state index is 0.117. The molecule has 2 saturated heterocycles. The first kappa shape index (κ1) is 20.7. The number of rotatable bonds is 7. The highest BCUT2D eigenvalue weighted by atomic mass is 16.5. The molecule has 2 aliphatic rings. The summed E-state index contributed by atoms with van der Waals surface area (Å²) in [6.45, 7) is 8.20. The molecule has 1 atom stereocenters. The van der Waals surface area contributed by atoms with Gasteiger partial charge in [-0.3, -0.25) is 9.59 Å². The van der Waals surface area contributed by atoms with Crippen LogP contribution in [0.1, 0.15) is 62.7 Å². The van der Waals surface area contributed by atoms with Crippen LogP contribution >= 0.6 is 0 Å². The van der Waals surface area contributed by atoms with Crippen molar-refractivity contribution < 1.29 is 14.3 Å². The van der Waals surface area contributed by atoms with Crippen molar-refractivity contribution in [3.63, 3.8) is 0 Å². The molecule has 2 aliphatic heterocycles. The molecule has 3 rings (SSSR count). The fourth-order valence-electron chi connectivity index (χ4n) is 4.31. The van der Waals surface area contributed by atoms with Crippen molar-refractivity contribution in [3.05, 3.63) is 29.8 Å². The maximum absolute atomic E-state index is 12.6. The van der Waals surface area contributed by atoms with Crippen LogP contribution in [0.4, 0.5) is 0 Å². The number of ether oxygens (including phenoxy) is 1. The summed E-state index contributed by atoms with van der Waals surface area (Å²) in [7, 11) is 0. The Balaban J connectivity index is 1.49. The predicted molar refractivity (Wildman–Crippen MR) is 110 cm³/mol. The first-order chi connectivity index (χ1) is 13.6. The second-order valence-corrected chi connectivity index (χ2v) is 8.14. The van der Waals surface area contributed by atoms with Gasteiger partial charge in [0.2, 0.25) is 5.91 Å². The molecule has 0 N–H and O–H groups in total. The zero-order chi connectivity index (χ0) is 19.9. The average Bonchev–Trinajstić information content (AvgIpc) is 3.28. The Labute approximate surface area is 169 Å². The van der Waals surface area contributed by atoms with E-state index in [9.17, 15) is 9.59 Å². The number of benzene rings is 1. The Bertz CT molecular complexity index is 648. The Morgan fingerprint density at radius 1 is 1.00 bits per heavy atom. The Morgan fingerprint density at radius 3 is 2.29 bits per heavy atom. The van der Waals surface area contributed by atoms with Crippen LogP contribution in [0.2, 0.25) is 0 Å². The molecule has 0 aromatic heterocycles. The van der Waals surface area contributed by atoms with Gasteiger partial charge in [-0.15, -0.1) is 0 Å². The summed E-state index contributed by atoms with van der Waals surface area (Å²) in [5.74, 6) is 1.74. The maximum Gasteiger partial charge on any atom is 0.253 e. The summed E-state index contributed by atoms with van der Waals surface area (Å²) in [5, 5.41) is 0. The molecule has 1 aromatic rings. The van der Waals surface area contributed by atoms with Gasteiger partial charge < -0.3 is 14.5 Å². The lowest BCUT2D eigenvalue weighted by atomic mass is 9.95. The Kier molecular flexibility index (Phi) is 7.35. The normalized spacial score (nSPS) is 19.9. The van der Waals surface area contributed by atoms with Gasteiger partial charge >= 0.3 is 0 Å². The molecule has 0 unspecified atom stereocenters. The van der Waals surface area contributed by atoms with Crippen LogP contribution in [-0.2, 0) is 4.79 Å². The van der Waals surface area contributed by atoms with Crippen molar-refractivity contribution in [1.29, 1.82) is 0 Å².